The minimum atomic E-state index is -0.416. The van der Waals surface area contributed by atoms with Crippen molar-refractivity contribution in [2.24, 2.45) is 7.05 Å². The fourth-order valence-electron chi connectivity index (χ4n) is 4.77. The Kier molecular flexibility index (Phi) is 6.49. The summed E-state index contributed by atoms with van der Waals surface area (Å²) in [7, 11) is 4.91. The SMILES string of the molecule is COc1cc(OC)c(F)c(N2CCCN(C(C)C)Cc3c2ccc2ncc(-c4cnn(C)c4)nc32)c1. The molecule has 188 valence electrons. The molecular formula is C27H31FN6O2. The first kappa shape index (κ1) is 24.0. The first-order chi connectivity index (χ1) is 17.4. The summed E-state index contributed by atoms with van der Waals surface area (Å²) in [5.74, 6) is 0.271. The lowest BCUT2D eigenvalue weighted by Gasteiger charge is -2.35. The van der Waals surface area contributed by atoms with Gasteiger partial charge in [0, 0.05) is 67.9 Å². The Morgan fingerprint density at radius 3 is 2.56 bits per heavy atom. The molecule has 2 aromatic heterocycles. The highest BCUT2D eigenvalue weighted by Gasteiger charge is 2.27. The molecule has 3 heterocycles. The molecule has 9 heteroatoms. The summed E-state index contributed by atoms with van der Waals surface area (Å²) in [6.07, 6.45) is 6.36. The van der Waals surface area contributed by atoms with E-state index in [1.807, 2.05) is 30.3 Å². The van der Waals surface area contributed by atoms with Gasteiger partial charge in [-0.05, 0) is 32.4 Å². The van der Waals surface area contributed by atoms with Crippen LogP contribution in [0.3, 0.4) is 0 Å². The van der Waals surface area contributed by atoms with Gasteiger partial charge in [-0.15, -0.1) is 0 Å². The number of methoxy groups -OCH3 is 2. The van der Waals surface area contributed by atoms with Gasteiger partial charge in [0.1, 0.15) is 5.75 Å². The third kappa shape index (κ3) is 4.35. The fourth-order valence-corrected chi connectivity index (χ4v) is 4.77. The van der Waals surface area contributed by atoms with Crippen LogP contribution in [0.15, 0.2) is 42.9 Å². The lowest BCUT2D eigenvalue weighted by atomic mass is 10.0. The molecule has 0 radical (unpaired) electrons. The van der Waals surface area contributed by atoms with E-state index in [9.17, 15) is 0 Å². The first-order valence-corrected chi connectivity index (χ1v) is 12.1. The molecule has 0 atom stereocenters. The second kappa shape index (κ2) is 9.73. The molecule has 0 bridgehead atoms. The normalized spacial score (nSPS) is 14.6. The summed E-state index contributed by atoms with van der Waals surface area (Å²) in [6, 6.07) is 7.62. The van der Waals surface area contributed by atoms with E-state index in [1.165, 1.54) is 7.11 Å². The van der Waals surface area contributed by atoms with Crippen molar-refractivity contribution in [2.75, 3.05) is 32.2 Å². The van der Waals surface area contributed by atoms with E-state index in [1.54, 1.807) is 36.3 Å². The monoisotopic (exact) mass is 490 g/mol. The number of ether oxygens (including phenoxy) is 2. The van der Waals surface area contributed by atoms with E-state index >= 15 is 4.39 Å². The number of hydrogen-bond donors (Lipinski definition) is 0. The van der Waals surface area contributed by atoms with Gasteiger partial charge in [0.25, 0.3) is 0 Å². The number of anilines is 2. The second-order valence-corrected chi connectivity index (χ2v) is 9.32. The van der Waals surface area contributed by atoms with Gasteiger partial charge in [0.05, 0.1) is 49.0 Å². The van der Waals surface area contributed by atoms with Gasteiger partial charge in [-0.1, -0.05) is 0 Å². The van der Waals surface area contributed by atoms with Crippen molar-refractivity contribution in [2.45, 2.75) is 32.9 Å². The Hall–Kier alpha value is -3.72. The molecule has 0 N–H and O–H groups in total. The molecule has 0 saturated carbocycles. The molecule has 0 unspecified atom stereocenters. The van der Waals surface area contributed by atoms with Crippen LogP contribution in [0, 0.1) is 5.82 Å². The van der Waals surface area contributed by atoms with Crippen LogP contribution in [0.4, 0.5) is 15.8 Å². The lowest BCUT2D eigenvalue weighted by Crippen LogP contribution is -2.36. The van der Waals surface area contributed by atoms with Gasteiger partial charge in [0.2, 0.25) is 0 Å². The topological polar surface area (TPSA) is 68.5 Å². The van der Waals surface area contributed by atoms with Gasteiger partial charge in [0.15, 0.2) is 11.6 Å². The minimum Gasteiger partial charge on any atom is -0.497 e. The molecule has 5 rings (SSSR count). The number of fused-ring (bicyclic) bond motifs is 3. The van der Waals surface area contributed by atoms with E-state index in [4.69, 9.17) is 19.4 Å². The predicted octanol–water partition coefficient (Wildman–Crippen LogP) is 4.94. The summed E-state index contributed by atoms with van der Waals surface area (Å²) in [6.45, 7) is 6.58. The molecule has 0 aliphatic carbocycles. The van der Waals surface area contributed by atoms with Crippen LogP contribution in [-0.2, 0) is 13.6 Å². The lowest BCUT2D eigenvalue weighted by molar-refractivity contribution is 0.210. The maximum Gasteiger partial charge on any atom is 0.188 e. The Morgan fingerprint density at radius 1 is 1.03 bits per heavy atom. The van der Waals surface area contributed by atoms with Crippen LogP contribution in [0.2, 0.25) is 0 Å². The zero-order valence-electron chi connectivity index (χ0n) is 21.3. The molecule has 0 spiro atoms. The van der Waals surface area contributed by atoms with Gasteiger partial charge in [-0.3, -0.25) is 14.6 Å². The van der Waals surface area contributed by atoms with Crippen molar-refractivity contribution >= 4 is 22.4 Å². The summed E-state index contributed by atoms with van der Waals surface area (Å²) in [5, 5.41) is 4.28. The summed E-state index contributed by atoms with van der Waals surface area (Å²) >= 11 is 0. The van der Waals surface area contributed by atoms with Crippen molar-refractivity contribution < 1.29 is 13.9 Å². The van der Waals surface area contributed by atoms with Crippen LogP contribution in [0.25, 0.3) is 22.3 Å². The molecule has 2 aromatic carbocycles. The Morgan fingerprint density at radius 2 is 1.86 bits per heavy atom. The molecule has 1 aliphatic heterocycles. The third-order valence-corrected chi connectivity index (χ3v) is 6.74. The highest BCUT2D eigenvalue weighted by atomic mass is 19.1. The number of hydrogen-bond acceptors (Lipinski definition) is 7. The molecule has 0 amide bonds. The molecule has 0 saturated heterocycles. The third-order valence-electron chi connectivity index (χ3n) is 6.74. The molecule has 8 nitrogen and oxygen atoms in total. The fraction of sp³-hybridized carbons (Fsp3) is 0.370. The van der Waals surface area contributed by atoms with E-state index in [2.05, 4.69) is 23.8 Å². The molecule has 0 fully saturated rings. The average molecular weight is 491 g/mol. The number of nitrogens with zero attached hydrogens (tertiary/aromatic N) is 6. The zero-order valence-corrected chi connectivity index (χ0v) is 21.3. The Labute approximate surface area is 210 Å². The Balaban J connectivity index is 1.74. The van der Waals surface area contributed by atoms with Crippen molar-refractivity contribution in [1.82, 2.24) is 24.6 Å². The highest BCUT2D eigenvalue weighted by Crippen LogP contribution is 2.40. The first-order valence-electron chi connectivity index (χ1n) is 12.1. The molecule has 36 heavy (non-hydrogen) atoms. The zero-order chi connectivity index (χ0) is 25.4. The van der Waals surface area contributed by atoms with Gasteiger partial charge in [-0.25, -0.2) is 9.37 Å². The summed E-state index contributed by atoms with van der Waals surface area (Å²) in [4.78, 5) is 14.2. The second-order valence-electron chi connectivity index (χ2n) is 9.32. The van der Waals surface area contributed by atoms with Crippen molar-refractivity contribution in [3.05, 3.63) is 54.2 Å². The predicted molar refractivity (Wildman–Crippen MR) is 138 cm³/mol. The van der Waals surface area contributed by atoms with Crippen molar-refractivity contribution in [3.8, 4) is 22.8 Å². The van der Waals surface area contributed by atoms with Crippen molar-refractivity contribution in [3.63, 3.8) is 0 Å². The van der Waals surface area contributed by atoms with Crippen LogP contribution in [0.1, 0.15) is 25.8 Å². The standard InChI is InChI=1S/C27H31FN6O2/c1-17(2)33-9-6-10-34(24-11-19(35-4)12-25(36-5)26(24)28)23-8-7-21-27(20(23)16-33)31-22(14-29-21)18-13-30-32(3)15-18/h7-8,11-15,17H,6,9-10,16H2,1-5H3. The van der Waals surface area contributed by atoms with Crippen LogP contribution >= 0.6 is 0 Å². The van der Waals surface area contributed by atoms with Gasteiger partial charge in [-0.2, -0.15) is 5.10 Å². The van der Waals surface area contributed by atoms with Crippen LogP contribution in [-0.4, -0.2) is 58.0 Å². The van der Waals surface area contributed by atoms with E-state index in [0.717, 1.165) is 46.5 Å². The Bertz CT molecular complexity index is 1400. The molecular weight excluding hydrogens is 459 g/mol. The quantitative estimate of drug-likeness (QED) is 0.393. The van der Waals surface area contributed by atoms with Crippen molar-refractivity contribution in [1.29, 1.82) is 0 Å². The number of halogens is 1. The number of aromatic nitrogens is 4. The average Bonchev–Trinajstić information content (AvgIpc) is 3.30. The number of aryl methyl sites for hydroxylation is 1. The number of rotatable bonds is 5. The highest BCUT2D eigenvalue weighted by molar-refractivity contribution is 5.87. The molecule has 4 aromatic rings. The maximum atomic E-state index is 15.6. The van der Waals surface area contributed by atoms with Crippen LogP contribution < -0.4 is 14.4 Å². The summed E-state index contributed by atoms with van der Waals surface area (Å²) in [5.41, 5.74) is 5.59. The van der Waals surface area contributed by atoms with E-state index in [0.29, 0.717) is 30.6 Å². The summed E-state index contributed by atoms with van der Waals surface area (Å²) < 4.78 is 28.2. The number of benzene rings is 2. The largest absolute Gasteiger partial charge is 0.497 e. The minimum absolute atomic E-state index is 0.149. The van der Waals surface area contributed by atoms with Gasteiger partial charge >= 0.3 is 0 Å². The van der Waals surface area contributed by atoms with E-state index in [-0.39, 0.29) is 5.75 Å². The van der Waals surface area contributed by atoms with E-state index < -0.39 is 5.82 Å². The smallest absolute Gasteiger partial charge is 0.188 e. The van der Waals surface area contributed by atoms with Gasteiger partial charge < -0.3 is 14.4 Å². The van der Waals surface area contributed by atoms with Crippen LogP contribution in [0.5, 0.6) is 11.5 Å². The molecule has 1 aliphatic rings. The maximum absolute atomic E-state index is 15.6.